The molecule has 0 spiro atoms. The summed E-state index contributed by atoms with van der Waals surface area (Å²) in [6, 6.07) is 10.3. The highest BCUT2D eigenvalue weighted by Crippen LogP contribution is 2.67. The van der Waals surface area contributed by atoms with E-state index in [0.29, 0.717) is 29.8 Å². The number of carbonyl (C=O) groups is 2. The lowest BCUT2D eigenvalue weighted by Gasteiger charge is -2.34. The molecule has 1 aliphatic carbocycles. The quantitative estimate of drug-likeness (QED) is 0.169. The first-order valence-corrected chi connectivity index (χ1v) is 19.3. The van der Waals surface area contributed by atoms with Crippen molar-refractivity contribution in [3.05, 3.63) is 70.9 Å². The zero-order valence-corrected chi connectivity index (χ0v) is 28.4. The number of amides is 2. The van der Waals surface area contributed by atoms with Gasteiger partial charge in [0.05, 0.1) is 11.1 Å². The van der Waals surface area contributed by atoms with Crippen molar-refractivity contribution in [1.29, 1.82) is 5.26 Å². The monoisotopic (exact) mass is 666 g/mol. The predicted molar refractivity (Wildman–Crippen MR) is 176 cm³/mol. The van der Waals surface area contributed by atoms with Crippen LogP contribution in [-0.4, -0.2) is 71.8 Å². The Kier molecular flexibility index (Phi) is 9.13. The van der Waals surface area contributed by atoms with Gasteiger partial charge in [-0.1, -0.05) is 25.7 Å². The first kappa shape index (κ1) is 33.3. The van der Waals surface area contributed by atoms with E-state index in [9.17, 15) is 9.59 Å². The van der Waals surface area contributed by atoms with Crippen LogP contribution in [0.4, 0.5) is 13.6 Å². The molecule has 1 N–H and O–H groups in total. The standard InChI is InChI=1S/C32H36F2N6O4SSi/c1-31(22-13-20(7-9-23(22)33)14-24(34)25-18-40-17-21(16-35)8-10-27(40)37-25)26-15-32(26,28(41)39(2)3)45-30(38-31)44-29(42)36-19-43-11-12-46(4,5)6/h7-10,13-14,17-18,26H,11-12,15,19H2,1-6H3,(H,36,42)/b24-14-/t26-,31+,32-/m0/s1. The van der Waals surface area contributed by atoms with Gasteiger partial charge in [-0.2, -0.15) is 5.26 Å². The van der Waals surface area contributed by atoms with E-state index in [-0.39, 0.29) is 29.1 Å². The molecule has 242 valence electrons. The highest BCUT2D eigenvalue weighted by Gasteiger charge is 2.71. The minimum Gasteiger partial charge on any atom is -0.385 e. The smallest absolute Gasteiger partial charge is 0.385 e. The summed E-state index contributed by atoms with van der Waals surface area (Å²) in [5.74, 6) is -1.87. The van der Waals surface area contributed by atoms with E-state index in [1.54, 1.807) is 43.7 Å². The van der Waals surface area contributed by atoms with E-state index in [2.05, 4.69) is 34.9 Å². The molecule has 0 radical (unpaired) electrons. The van der Waals surface area contributed by atoms with Crippen LogP contribution in [-0.2, 0) is 19.8 Å². The number of nitrogens with zero attached hydrogens (tertiary/aromatic N) is 5. The van der Waals surface area contributed by atoms with Crippen LogP contribution in [0.3, 0.4) is 0 Å². The Hall–Kier alpha value is -4.06. The van der Waals surface area contributed by atoms with Crippen LogP contribution >= 0.6 is 11.8 Å². The van der Waals surface area contributed by atoms with Gasteiger partial charge in [0.15, 0.2) is 5.83 Å². The summed E-state index contributed by atoms with van der Waals surface area (Å²) in [5, 5.41) is 11.6. The number of nitriles is 1. The maximum absolute atomic E-state index is 15.6. The zero-order valence-electron chi connectivity index (χ0n) is 26.6. The number of halogens is 2. The molecular formula is C32H36F2N6O4SSi. The van der Waals surface area contributed by atoms with Crippen LogP contribution in [0.5, 0.6) is 0 Å². The molecule has 3 heterocycles. The highest BCUT2D eigenvalue weighted by molar-refractivity contribution is 8.15. The molecule has 14 heteroatoms. The molecule has 1 fully saturated rings. The van der Waals surface area contributed by atoms with E-state index in [1.165, 1.54) is 35.4 Å². The Morgan fingerprint density at radius 3 is 2.72 bits per heavy atom. The number of rotatable bonds is 9. The zero-order chi connectivity index (χ0) is 33.4. The minimum atomic E-state index is -1.30. The van der Waals surface area contributed by atoms with Crippen molar-refractivity contribution >= 4 is 54.6 Å². The molecule has 5 rings (SSSR count). The van der Waals surface area contributed by atoms with Gasteiger partial charge in [-0.05, 0) is 67.1 Å². The number of hydrogen-bond acceptors (Lipinski definition) is 8. The van der Waals surface area contributed by atoms with Gasteiger partial charge in [0.25, 0.3) is 5.23 Å². The molecule has 46 heavy (non-hydrogen) atoms. The fourth-order valence-electron chi connectivity index (χ4n) is 5.50. The topological polar surface area (TPSA) is 121 Å². The van der Waals surface area contributed by atoms with Crippen LogP contribution in [0, 0.1) is 23.1 Å². The molecule has 0 bridgehead atoms. The minimum absolute atomic E-state index is 0.0446. The van der Waals surface area contributed by atoms with E-state index in [4.69, 9.17) is 14.7 Å². The summed E-state index contributed by atoms with van der Waals surface area (Å²) >= 11 is 1.05. The number of alkyl carbamates (subject to hydrolysis) is 1. The average Bonchev–Trinajstić information content (AvgIpc) is 3.59. The van der Waals surface area contributed by atoms with E-state index >= 15 is 8.78 Å². The molecule has 2 amide bonds. The molecular weight excluding hydrogens is 631 g/mol. The normalized spacial score (nSPS) is 22.5. The average molecular weight is 667 g/mol. The lowest BCUT2D eigenvalue weighted by Crippen LogP contribution is -2.43. The van der Waals surface area contributed by atoms with Gasteiger partial charge < -0.3 is 18.8 Å². The summed E-state index contributed by atoms with van der Waals surface area (Å²) in [6.45, 7) is 8.83. The largest absolute Gasteiger partial charge is 0.416 e. The van der Waals surface area contributed by atoms with Crippen molar-refractivity contribution in [3.63, 3.8) is 0 Å². The van der Waals surface area contributed by atoms with Crippen LogP contribution in [0.25, 0.3) is 17.6 Å². The lowest BCUT2D eigenvalue weighted by molar-refractivity contribution is -0.129. The van der Waals surface area contributed by atoms with Crippen molar-refractivity contribution in [2.24, 2.45) is 10.9 Å². The van der Waals surface area contributed by atoms with Crippen molar-refractivity contribution in [2.45, 2.75) is 49.3 Å². The Labute approximate surface area is 271 Å². The second kappa shape index (κ2) is 12.6. The van der Waals surface area contributed by atoms with Crippen molar-refractivity contribution in [3.8, 4) is 6.07 Å². The number of fused-ring (bicyclic) bond motifs is 2. The number of pyridine rings is 1. The Balaban J connectivity index is 1.42. The first-order valence-electron chi connectivity index (χ1n) is 14.8. The van der Waals surface area contributed by atoms with Gasteiger partial charge in [0.2, 0.25) is 5.91 Å². The van der Waals surface area contributed by atoms with Crippen molar-refractivity contribution in [1.82, 2.24) is 19.6 Å². The maximum Gasteiger partial charge on any atom is 0.416 e. The molecule has 2 aromatic heterocycles. The number of aromatic nitrogens is 2. The van der Waals surface area contributed by atoms with E-state index in [1.807, 2.05) is 6.07 Å². The maximum atomic E-state index is 15.6. The van der Waals surface area contributed by atoms with Crippen LogP contribution in [0.2, 0.25) is 25.7 Å². The number of ether oxygens (including phenoxy) is 2. The molecule has 2 aliphatic rings. The van der Waals surface area contributed by atoms with Gasteiger partial charge in [0, 0.05) is 52.7 Å². The Morgan fingerprint density at radius 1 is 1.26 bits per heavy atom. The number of aliphatic imine (C=N–C) groups is 1. The van der Waals surface area contributed by atoms with E-state index < -0.39 is 42.0 Å². The van der Waals surface area contributed by atoms with Gasteiger partial charge in [-0.25, -0.2) is 23.6 Å². The second-order valence-electron chi connectivity index (χ2n) is 13.1. The van der Waals surface area contributed by atoms with Gasteiger partial charge in [-0.15, -0.1) is 0 Å². The molecule has 0 unspecified atom stereocenters. The lowest BCUT2D eigenvalue weighted by atomic mass is 9.84. The fourth-order valence-corrected chi connectivity index (χ4v) is 7.81. The summed E-state index contributed by atoms with van der Waals surface area (Å²) in [6.07, 6.45) is 3.82. The summed E-state index contributed by atoms with van der Waals surface area (Å²) in [4.78, 5) is 36.5. The first-order chi connectivity index (χ1) is 21.6. The third-order valence-electron chi connectivity index (χ3n) is 8.10. The summed E-state index contributed by atoms with van der Waals surface area (Å²) < 4.78 is 42.7. The number of thioether (sulfide) groups is 1. The molecule has 3 aromatic rings. The van der Waals surface area contributed by atoms with Gasteiger partial charge >= 0.3 is 6.09 Å². The Bertz CT molecular complexity index is 1800. The number of nitrogens with one attached hydrogen (secondary N) is 1. The van der Waals surface area contributed by atoms with Crippen LogP contribution < -0.4 is 5.32 Å². The molecule has 0 saturated heterocycles. The highest BCUT2D eigenvalue weighted by atomic mass is 32.2. The molecule has 3 atom stereocenters. The number of hydrogen-bond donors (Lipinski definition) is 1. The molecule has 10 nitrogen and oxygen atoms in total. The summed E-state index contributed by atoms with van der Waals surface area (Å²) in [7, 11) is 1.98. The van der Waals surface area contributed by atoms with Gasteiger partial charge in [0.1, 0.15) is 34.7 Å². The second-order valence-corrected chi connectivity index (χ2v) is 20.0. The number of benzene rings is 1. The van der Waals surface area contributed by atoms with Crippen molar-refractivity contribution in [2.75, 3.05) is 27.4 Å². The van der Waals surface area contributed by atoms with Crippen molar-refractivity contribution < 1.29 is 27.8 Å². The van der Waals surface area contributed by atoms with Gasteiger partial charge in [-0.3, -0.25) is 10.1 Å². The summed E-state index contributed by atoms with van der Waals surface area (Å²) in [5.41, 5.74) is 0.0879. The molecule has 1 saturated carbocycles. The fraction of sp³-hybridized carbons (Fsp3) is 0.406. The SMILES string of the molecule is CN(C)C(=O)[C@]12C[C@H]1[C@@](C)(c1cc(/C=C(\F)c3cn4cc(C#N)ccc4n3)ccc1F)N=C(OC(=O)NCOCC[Si](C)(C)C)S2. The van der Waals surface area contributed by atoms with E-state index in [0.717, 1.165) is 17.8 Å². The van der Waals surface area contributed by atoms with Crippen LogP contribution in [0.15, 0.2) is 47.7 Å². The third-order valence-corrected chi connectivity index (χ3v) is 11.1. The predicted octanol–water partition coefficient (Wildman–Crippen LogP) is 6.02. The molecule has 1 aromatic carbocycles. The Morgan fingerprint density at radius 2 is 2.02 bits per heavy atom. The molecule has 1 aliphatic heterocycles. The number of carbonyl (C=O) groups excluding carboxylic acids is 2. The third kappa shape index (κ3) is 6.86. The van der Waals surface area contributed by atoms with Crippen LogP contribution in [0.1, 0.15) is 35.7 Å². The number of imidazole rings is 1.